The van der Waals surface area contributed by atoms with E-state index in [1.165, 1.54) is 30.2 Å². The first-order chi connectivity index (χ1) is 7.60. The molecule has 0 N–H and O–H groups in total. The van der Waals surface area contributed by atoms with Gasteiger partial charge in [-0.3, -0.25) is 0 Å². The van der Waals surface area contributed by atoms with Gasteiger partial charge < -0.3 is 9.04 Å². The lowest BCUT2D eigenvalue weighted by Gasteiger charge is -2.30. The zero-order valence-corrected chi connectivity index (χ0v) is 12.8. The highest BCUT2D eigenvalue weighted by molar-refractivity contribution is 7.85. The normalized spacial score (nSPS) is 11.5. The van der Waals surface area contributed by atoms with Crippen molar-refractivity contribution in [2.24, 2.45) is 0 Å². The second-order valence-corrected chi connectivity index (χ2v) is 6.02. The molecule has 0 saturated heterocycles. The number of hydrogen-bond donors (Lipinski definition) is 0. The van der Waals surface area contributed by atoms with Crippen molar-refractivity contribution >= 4 is 10.1 Å². The molecule has 0 fully saturated rings. The van der Waals surface area contributed by atoms with Gasteiger partial charge in [0.1, 0.15) is 0 Å². The minimum Gasteiger partial charge on any atom is -0.748 e. The fraction of sp³-hybridized carbons (Fsp3) is 0.833. The monoisotopic (exact) mass is 265 g/mol. The maximum Gasteiger partial charge on any atom is 0.0982 e. The average molecular weight is 265 g/mol. The van der Waals surface area contributed by atoms with Crippen LogP contribution in [-0.4, -0.2) is 49.9 Å². The first-order valence-electron chi connectivity index (χ1n) is 6.00. The van der Waals surface area contributed by atoms with Crippen LogP contribution in [0.2, 0.25) is 0 Å². The Morgan fingerprint density at radius 1 is 1.12 bits per heavy atom. The molecule has 0 rings (SSSR count). The molecular weight excluding hydrogens is 238 g/mol. The van der Waals surface area contributed by atoms with Crippen molar-refractivity contribution in [2.75, 3.05) is 32.4 Å². The Morgan fingerprint density at radius 2 is 1.47 bits per heavy atom. The second kappa shape index (κ2) is 8.66. The van der Waals surface area contributed by atoms with Crippen molar-refractivity contribution in [3.05, 3.63) is 11.6 Å². The van der Waals surface area contributed by atoms with E-state index in [9.17, 15) is 13.0 Å². The van der Waals surface area contributed by atoms with E-state index < -0.39 is 15.9 Å². The molecular formula is C12H27NO3S. The Hall–Kier alpha value is -0.390. The van der Waals surface area contributed by atoms with E-state index in [-0.39, 0.29) is 0 Å². The fourth-order valence-corrected chi connectivity index (χ4v) is 1.48. The van der Waals surface area contributed by atoms with Gasteiger partial charge in [0.05, 0.1) is 42.6 Å². The summed E-state index contributed by atoms with van der Waals surface area (Å²) in [4.78, 5) is 0. The standard InChI is InChI=1S/C7H18N.C5H10O3S/c1-5-8(4,6-2)7-3;1-5(2)3-4-9(6,7)8/h5-7H2,1-4H3;3H,4H2,1-2H3,(H,6,7,8)/q+1;/p-1. The Bertz CT molecular complexity index is 304. The first-order valence-corrected chi connectivity index (χ1v) is 7.58. The summed E-state index contributed by atoms with van der Waals surface area (Å²) in [7, 11) is -1.75. The number of quaternary nitrogens is 1. The summed E-state index contributed by atoms with van der Waals surface area (Å²) >= 11 is 0. The quantitative estimate of drug-likeness (QED) is 0.434. The Balaban J connectivity index is 0. The molecule has 0 radical (unpaired) electrons. The SMILES string of the molecule is CC(C)=CCS(=O)(=O)[O-].CC[N+](C)(CC)CC. The average Bonchev–Trinajstić information content (AvgIpc) is 2.25. The predicted molar refractivity (Wildman–Crippen MR) is 71.8 cm³/mol. The zero-order chi connectivity index (χ0) is 14.1. The van der Waals surface area contributed by atoms with Crippen LogP contribution in [0.5, 0.6) is 0 Å². The van der Waals surface area contributed by atoms with Crippen LogP contribution in [0.25, 0.3) is 0 Å². The van der Waals surface area contributed by atoms with Gasteiger partial charge in [0, 0.05) is 0 Å². The fourth-order valence-electron chi connectivity index (χ4n) is 0.940. The van der Waals surface area contributed by atoms with E-state index in [0.29, 0.717) is 0 Å². The van der Waals surface area contributed by atoms with Crippen molar-refractivity contribution in [3.63, 3.8) is 0 Å². The van der Waals surface area contributed by atoms with Crippen molar-refractivity contribution in [1.29, 1.82) is 0 Å². The van der Waals surface area contributed by atoms with Crippen LogP contribution in [0.15, 0.2) is 11.6 Å². The van der Waals surface area contributed by atoms with Crippen molar-refractivity contribution in [3.8, 4) is 0 Å². The minimum absolute atomic E-state index is 0.394. The summed E-state index contributed by atoms with van der Waals surface area (Å²) < 4.78 is 31.0. The molecule has 0 atom stereocenters. The lowest BCUT2D eigenvalue weighted by atomic mass is 10.3. The molecule has 0 aromatic carbocycles. The summed E-state index contributed by atoms with van der Waals surface area (Å²) in [6.07, 6.45) is 1.39. The van der Waals surface area contributed by atoms with Crippen LogP contribution in [0.1, 0.15) is 34.6 Å². The van der Waals surface area contributed by atoms with Gasteiger partial charge in [-0.15, -0.1) is 0 Å². The first kappa shape index (κ1) is 19.0. The molecule has 0 aliphatic rings. The summed E-state index contributed by atoms with van der Waals surface area (Å²) in [5.74, 6) is -0.394. The molecule has 0 unspecified atom stereocenters. The van der Waals surface area contributed by atoms with Crippen molar-refractivity contribution < 1.29 is 17.5 Å². The molecule has 0 aliphatic heterocycles. The number of nitrogens with zero attached hydrogens (tertiary/aromatic N) is 1. The Kier molecular flexibility index (Phi) is 9.66. The third kappa shape index (κ3) is 13.5. The van der Waals surface area contributed by atoms with Gasteiger partial charge in [-0.1, -0.05) is 11.6 Å². The van der Waals surface area contributed by atoms with E-state index in [1.807, 2.05) is 0 Å². The van der Waals surface area contributed by atoms with Crippen molar-refractivity contribution in [2.45, 2.75) is 34.6 Å². The highest BCUT2D eigenvalue weighted by atomic mass is 32.2. The lowest BCUT2D eigenvalue weighted by molar-refractivity contribution is -0.904. The third-order valence-electron chi connectivity index (χ3n) is 2.99. The smallest absolute Gasteiger partial charge is 0.0982 e. The molecule has 4 nitrogen and oxygen atoms in total. The molecule has 104 valence electrons. The molecule has 0 heterocycles. The van der Waals surface area contributed by atoms with Crippen LogP contribution < -0.4 is 0 Å². The summed E-state index contributed by atoms with van der Waals surface area (Å²) in [5.41, 5.74) is 0.842. The topological polar surface area (TPSA) is 57.2 Å². The number of rotatable bonds is 5. The van der Waals surface area contributed by atoms with E-state index in [2.05, 4.69) is 27.8 Å². The minimum atomic E-state index is -4.05. The highest BCUT2D eigenvalue weighted by Gasteiger charge is 2.10. The van der Waals surface area contributed by atoms with E-state index in [4.69, 9.17) is 0 Å². The molecule has 17 heavy (non-hydrogen) atoms. The second-order valence-electron chi connectivity index (χ2n) is 4.57. The van der Waals surface area contributed by atoms with Gasteiger partial charge in [0.2, 0.25) is 0 Å². The molecule has 0 bridgehead atoms. The molecule has 0 aromatic heterocycles. The van der Waals surface area contributed by atoms with Crippen LogP contribution in [-0.2, 0) is 10.1 Å². The predicted octanol–water partition coefficient (Wildman–Crippen LogP) is 1.99. The largest absolute Gasteiger partial charge is 0.748 e. The number of hydrogen-bond acceptors (Lipinski definition) is 3. The van der Waals surface area contributed by atoms with Gasteiger partial charge in [-0.2, -0.15) is 0 Å². The summed E-state index contributed by atoms with van der Waals surface area (Å²) in [5, 5.41) is 0. The third-order valence-corrected chi connectivity index (χ3v) is 3.56. The molecule has 0 aliphatic carbocycles. The molecule has 5 heteroatoms. The molecule has 0 amide bonds. The van der Waals surface area contributed by atoms with Gasteiger partial charge in [0.25, 0.3) is 0 Å². The van der Waals surface area contributed by atoms with E-state index in [0.717, 1.165) is 5.57 Å². The molecule has 0 aromatic rings. The Labute approximate surface area is 107 Å². The van der Waals surface area contributed by atoms with Gasteiger partial charge >= 0.3 is 0 Å². The van der Waals surface area contributed by atoms with Gasteiger partial charge in [-0.25, -0.2) is 8.42 Å². The van der Waals surface area contributed by atoms with Crippen LogP contribution in [0.4, 0.5) is 0 Å². The maximum absolute atomic E-state index is 9.94. The molecule has 0 saturated carbocycles. The van der Waals surface area contributed by atoms with Crippen LogP contribution in [0, 0.1) is 0 Å². The summed E-state index contributed by atoms with van der Waals surface area (Å²) in [6.45, 7) is 14.0. The highest BCUT2D eigenvalue weighted by Crippen LogP contribution is 1.97. The van der Waals surface area contributed by atoms with Crippen LogP contribution in [0.3, 0.4) is 0 Å². The van der Waals surface area contributed by atoms with E-state index >= 15 is 0 Å². The Morgan fingerprint density at radius 3 is 1.53 bits per heavy atom. The zero-order valence-electron chi connectivity index (χ0n) is 12.0. The van der Waals surface area contributed by atoms with Crippen molar-refractivity contribution in [1.82, 2.24) is 0 Å². The van der Waals surface area contributed by atoms with E-state index in [1.54, 1.807) is 13.8 Å². The van der Waals surface area contributed by atoms with Gasteiger partial charge in [-0.05, 0) is 34.6 Å². The summed E-state index contributed by atoms with van der Waals surface area (Å²) in [6, 6.07) is 0. The number of allylic oxidation sites excluding steroid dienone is 1. The maximum atomic E-state index is 9.94. The van der Waals surface area contributed by atoms with Crippen LogP contribution >= 0.6 is 0 Å². The van der Waals surface area contributed by atoms with Gasteiger partial charge in [0.15, 0.2) is 0 Å². The molecule has 0 spiro atoms. The lowest BCUT2D eigenvalue weighted by Crippen LogP contribution is -2.42.